The molecule has 2 aromatic rings. The van der Waals surface area contributed by atoms with E-state index in [9.17, 15) is 13.5 Å². The van der Waals surface area contributed by atoms with E-state index in [1.54, 1.807) is 24.3 Å². The van der Waals surface area contributed by atoms with Crippen LogP contribution in [0.4, 0.5) is 0 Å². The number of aliphatic hydroxyl groups is 1. The summed E-state index contributed by atoms with van der Waals surface area (Å²) in [5.41, 5.74) is -0.841. The minimum absolute atomic E-state index is 0.144. The van der Waals surface area contributed by atoms with E-state index in [0.29, 0.717) is 17.1 Å². The second-order valence-electron chi connectivity index (χ2n) is 5.35. The zero-order valence-corrected chi connectivity index (χ0v) is 16.0. The number of thiophene rings is 1. The molecule has 0 spiro atoms. The fourth-order valence-corrected chi connectivity index (χ4v) is 5.70. The molecule has 6 nitrogen and oxygen atoms in total. The Kier molecular flexibility index (Phi) is 4.89. The van der Waals surface area contributed by atoms with Crippen LogP contribution in [0.5, 0.6) is 11.5 Å². The highest BCUT2D eigenvalue weighted by atomic mass is 79.9. The smallest absolute Gasteiger partial charge is 0.250 e. The van der Waals surface area contributed by atoms with Crippen LogP contribution in [0.3, 0.4) is 0 Å². The summed E-state index contributed by atoms with van der Waals surface area (Å²) in [5.74, 6) is 0.961. The van der Waals surface area contributed by atoms with Crippen molar-refractivity contribution in [2.45, 2.75) is 16.2 Å². The topological polar surface area (TPSA) is 84.9 Å². The average Bonchev–Trinajstić information content (AvgIpc) is 3.01. The Hall–Kier alpha value is -1.13. The molecule has 2 heterocycles. The molecule has 1 aliphatic heterocycles. The second-order valence-corrected chi connectivity index (χ2v) is 9.81. The van der Waals surface area contributed by atoms with E-state index in [4.69, 9.17) is 9.47 Å². The largest absolute Gasteiger partial charge is 0.493 e. The van der Waals surface area contributed by atoms with Gasteiger partial charge in [-0.1, -0.05) is 12.1 Å². The van der Waals surface area contributed by atoms with Crippen LogP contribution >= 0.6 is 27.3 Å². The summed E-state index contributed by atoms with van der Waals surface area (Å²) in [6, 6.07) is 8.37. The Labute approximate surface area is 152 Å². The zero-order valence-electron chi connectivity index (χ0n) is 12.8. The zero-order chi connectivity index (χ0) is 17.4. The van der Waals surface area contributed by atoms with Crippen molar-refractivity contribution in [3.63, 3.8) is 0 Å². The van der Waals surface area contributed by atoms with Gasteiger partial charge in [0.05, 0.1) is 17.5 Å². The number of ether oxygens (including phenoxy) is 2. The van der Waals surface area contributed by atoms with Gasteiger partial charge >= 0.3 is 0 Å². The number of rotatable bonds is 5. The average molecular weight is 434 g/mol. The normalized spacial score (nSPS) is 20.3. The maximum atomic E-state index is 12.4. The Bertz CT molecular complexity index is 851. The van der Waals surface area contributed by atoms with Gasteiger partial charge in [-0.2, -0.15) is 0 Å². The summed E-state index contributed by atoms with van der Waals surface area (Å²) in [6.07, 6.45) is 0.282. The highest BCUT2D eigenvalue weighted by Gasteiger charge is 2.38. The lowest BCUT2D eigenvalue weighted by Gasteiger charge is -2.34. The Balaban J connectivity index is 1.86. The molecule has 2 N–H and O–H groups in total. The monoisotopic (exact) mass is 433 g/mol. The van der Waals surface area contributed by atoms with Gasteiger partial charge in [0.25, 0.3) is 0 Å². The lowest BCUT2D eigenvalue weighted by atomic mass is 9.88. The molecule has 0 bridgehead atoms. The molecular formula is C15H16BrNO5S2. The van der Waals surface area contributed by atoms with Crippen molar-refractivity contribution < 1.29 is 23.0 Å². The van der Waals surface area contributed by atoms with E-state index in [-0.39, 0.29) is 23.8 Å². The molecule has 0 fully saturated rings. The van der Waals surface area contributed by atoms with Crippen molar-refractivity contribution in [3.05, 3.63) is 39.7 Å². The van der Waals surface area contributed by atoms with Crippen LogP contribution in [0.25, 0.3) is 0 Å². The third kappa shape index (κ3) is 3.31. The molecular weight excluding hydrogens is 418 g/mol. The van der Waals surface area contributed by atoms with Crippen molar-refractivity contribution in [1.82, 2.24) is 4.72 Å². The molecule has 1 aromatic carbocycles. The highest BCUT2D eigenvalue weighted by molar-refractivity contribution is 9.11. The van der Waals surface area contributed by atoms with Crippen LogP contribution in [0, 0.1) is 0 Å². The standard InChI is InChI=1S/C15H16BrNO5S2/c1-21-11-4-2-3-10-14(11)22-8-7-15(10,18)9-17-24(19,20)13-6-5-12(16)23-13/h2-6,17-18H,7-9H2,1H3. The minimum atomic E-state index is -3.69. The van der Waals surface area contributed by atoms with Gasteiger partial charge in [-0.3, -0.25) is 0 Å². The van der Waals surface area contributed by atoms with Gasteiger partial charge in [0.15, 0.2) is 11.5 Å². The molecule has 1 aromatic heterocycles. The number of benzene rings is 1. The molecule has 1 unspecified atom stereocenters. The first kappa shape index (κ1) is 17.7. The van der Waals surface area contributed by atoms with Gasteiger partial charge in [-0.25, -0.2) is 13.1 Å². The van der Waals surface area contributed by atoms with Crippen molar-refractivity contribution in [2.75, 3.05) is 20.3 Å². The van der Waals surface area contributed by atoms with Crippen LogP contribution in [0.2, 0.25) is 0 Å². The molecule has 9 heteroatoms. The van der Waals surface area contributed by atoms with Gasteiger partial charge in [0.2, 0.25) is 10.0 Å². The summed E-state index contributed by atoms with van der Waals surface area (Å²) < 4.78 is 39.0. The highest BCUT2D eigenvalue weighted by Crippen LogP contribution is 2.42. The Morgan fingerprint density at radius 2 is 2.21 bits per heavy atom. The Morgan fingerprint density at radius 3 is 2.88 bits per heavy atom. The first-order valence-corrected chi connectivity index (χ1v) is 10.2. The summed E-state index contributed by atoms with van der Waals surface area (Å²) in [4.78, 5) is 0. The summed E-state index contributed by atoms with van der Waals surface area (Å²) in [7, 11) is -2.17. The van der Waals surface area contributed by atoms with Crippen molar-refractivity contribution >= 4 is 37.3 Å². The SMILES string of the molecule is COc1cccc2c1OCCC2(O)CNS(=O)(=O)c1ccc(Br)s1. The molecule has 1 aliphatic rings. The van der Waals surface area contributed by atoms with E-state index < -0.39 is 15.6 Å². The molecule has 0 radical (unpaired) electrons. The van der Waals surface area contributed by atoms with E-state index in [2.05, 4.69) is 20.7 Å². The maximum Gasteiger partial charge on any atom is 0.250 e. The van der Waals surface area contributed by atoms with Crippen molar-refractivity contribution in [2.24, 2.45) is 0 Å². The molecule has 0 saturated heterocycles. The van der Waals surface area contributed by atoms with E-state index in [0.717, 1.165) is 15.1 Å². The maximum absolute atomic E-state index is 12.4. The predicted molar refractivity (Wildman–Crippen MR) is 94.2 cm³/mol. The first-order valence-electron chi connectivity index (χ1n) is 7.13. The summed E-state index contributed by atoms with van der Waals surface area (Å²) in [6.45, 7) is 0.129. The fraction of sp³-hybridized carbons (Fsp3) is 0.333. The fourth-order valence-electron chi connectivity index (χ4n) is 2.56. The van der Waals surface area contributed by atoms with Crippen LogP contribution in [-0.4, -0.2) is 33.8 Å². The molecule has 0 aliphatic carbocycles. The number of fused-ring (bicyclic) bond motifs is 1. The van der Waals surface area contributed by atoms with Gasteiger partial charge in [0, 0.05) is 18.5 Å². The first-order chi connectivity index (χ1) is 11.4. The molecule has 1 atom stereocenters. The van der Waals surface area contributed by atoms with Crippen LogP contribution < -0.4 is 14.2 Å². The minimum Gasteiger partial charge on any atom is -0.493 e. The molecule has 0 amide bonds. The third-order valence-corrected chi connectivity index (χ3v) is 7.35. The Morgan fingerprint density at radius 1 is 1.42 bits per heavy atom. The number of methoxy groups -OCH3 is 1. The second kappa shape index (κ2) is 6.64. The molecule has 3 rings (SSSR count). The third-order valence-electron chi connectivity index (χ3n) is 3.83. The predicted octanol–water partition coefficient (Wildman–Crippen LogP) is 2.47. The van der Waals surface area contributed by atoms with Crippen LogP contribution in [0.15, 0.2) is 38.3 Å². The number of halogens is 1. The molecule has 24 heavy (non-hydrogen) atoms. The van der Waals surface area contributed by atoms with E-state index >= 15 is 0 Å². The van der Waals surface area contributed by atoms with Gasteiger partial charge in [-0.15, -0.1) is 11.3 Å². The summed E-state index contributed by atoms with van der Waals surface area (Å²) in [5, 5.41) is 11.0. The molecule has 0 saturated carbocycles. The van der Waals surface area contributed by atoms with Crippen molar-refractivity contribution in [1.29, 1.82) is 0 Å². The van der Waals surface area contributed by atoms with Gasteiger partial charge in [0.1, 0.15) is 9.81 Å². The van der Waals surface area contributed by atoms with Crippen LogP contribution in [0.1, 0.15) is 12.0 Å². The van der Waals surface area contributed by atoms with Crippen LogP contribution in [-0.2, 0) is 15.6 Å². The van der Waals surface area contributed by atoms with E-state index in [1.165, 1.54) is 13.2 Å². The quantitative estimate of drug-likeness (QED) is 0.756. The number of nitrogens with one attached hydrogen (secondary N) is 1. The van der Waals surface area contributed by atoms with E-state index in [1.807, 2.05) is 0 Å². The number of sulfonamides is 1. The van der Waals surface area contributed by atoms with Gasteiger partial charge < -0.3 is 14.6 Å². The lowest BCUT2D eigenvalue weighted by molar-refractivity contribution is 0.00124. The molecule has 130 valence electrons. The van der Waals surface area contributed by atoms with Gasteiger partial charge in [-0.05, 0) is 34.1 Å². The number of hydrogen-bond donors (Lipinski definition) is 2. The number of para-hydroxylation sites is 1. The number of hydrogen-bond acceptors (Lipinski definition) is 6. The summed E-state index contributed by atoms with van der Waals surface area (Å²) >= 11 is 4.36. The van der Waals surface area contributed by atoms with Crippen molar-refractivity contribution in [3.8, 4) is 11.5 Å². The lowest BCUT2D eigenvalue weighted by Crippen LogP contribution is -2.43.